The quantitative estimate of drug-likeness (QED) is 0.773. The van der Waals surface area contributed by atoms with E-state index in [4.69, 9.17) is 0 Å². The van der Waals surface area contributed by atoms with E-state index in [-0.39, 0.29) is 0 Å². The van der Waals surface area contributed by atoms with E-state index >= 15 is 0 Å². The Kier molecular flexibility index (Phi) is 3.10. The summed E-state index contributed by atoms with van der Waals surface area (Å²) in [7, 11) is 1.95. The van der Waals surface area contributed by atoms with Crippen molar-refractivity contribution in [1.29, 1.82) is 0 Å². The van der Waals surface area contributed by atoms with Crippen LogP contribution >= 0.6 is 0 Å². The summed E-state index contributed by atoms with van der Waals surface area (Å²) in [4.78, 5) is 4.56. The summed E-state index contributed by atoms with van der Waals surface area (Å²) in [6, 6.07) is 12.2. The molecule has 3 rings (SSSR count). The number of benzene rings is 1. The molecule has 0 saturated heterocycles. The molecule has 2 aromatic heterocycles. The summed E-state index contributed by atoms with van der Waals surface area (Å²) in [5, 5.41) is 12.4. The van der Waals surface area contributed by atoms with Crippen LogP contribution in [0.4, 0.5) is 5.82 Å². The first-order chi connectivity index (χ1) is 9.33. The van der Waals surface area contributed by atoms with Gasteiger partial charge in [0.15, 0.2) is 0 Å². The topological polar surface area (TPSA) is 55.6 Å². The lowest BCUT2D eigenvalue weighted by molar-refractivity contribution is 0.787. The Labute approximate surface area is 111 Å². The van der Waals surface area contributed by atoms with E-state index in [2.05, 4.69) is 32.6 Å². The van der Waals surface area contributed by atoms with Gasteiger partial charge in [-0.1, -0.05) is 18.2 Å². The Balaban J connectivity index is 1.67. The molecule has 1 aromatic carbocycles. The summed E-state index contributed by atoms with van der Waals surface area (Å²) >= 11 is 0. The van der Waals surface area contributed by atoms with Crippen LogP contribution < -0.4 is 5.32 Å². The van der Waals surface area contributed by atoms with Gasteiger partial charge < -0.3 is 9.88 Å². The van der Waals surface area contributed by atoms with Gasteiger partial charge in [0.2, 0.25) is 0 Å². The van der Waals surface area contributed by atoms with Crippen LogP contribution in [0.3, 0.4) is 0 Å². The number of nitrogens with zero attached hydrogens (tertiary/aromatic N) is 4. The van der Waals surface area contributed by atoms with Crippen LogP contribution in [0.2, 0.25) is 0 Å². The second-order valence-electron chi connectivity index (χ2n) is 4.42. The lowest BCUT2D eigenvalue weighted by Crippen LogP contribution is -2.09. The van der Waals surface area contributed by atoms with Crippen molar-refractivity contribution >= 4 is 16.7 Å². The average molecular weight is 253 g/mol. The van der Waals surface area contributed by atoms with Gasteiger partial charge in [-0.05, 0) is 18.2 Å². The molecule has 5 nitrogen and oxygen atoms in total. The SMILES string of the molecule is Cn1cnnc1CCNc1ccc2ccccc2n1. The van der Waals surface area contributed by atoms with Crippen LogP contribution in [-0.4, -0.2) is 26.3 Å². The van der Waals surface area contributed by atoms with Gasteiger partial charge in [-0.2, -0.15) is 0 Å². The van der Waals surface area contributed by atoms with Crippen molar-refractivity contribution in [2.45, 2.75) is 6.42 Å². The third-order valence-corrected chi connectivity index (χ3v) is 3.06. The van der Waals surface area contributed by atoms with Gasteiger partial charge in [-0.15, -0.1) is 10.2 Å². The number of anilines is 1. The van der Waals surface area contributed by atoms with Crippen LogP contribution in [0.5, 0.6) is 0 Å². The fourth-order valence-electron chi connectivity index (χ4n) is 2.00. The first kappa shape index (κ1) is 11.6. The van der Waals surface area contributed by atoms with Gasteiger partial charge in [0, 0.05) is 25.4 Å². The molecule has 0 unspecified atom stereocenters. The molecule has 0 saturated carbocycles. The second-order valence-corrected chi connectivity index (χ2v) is 4.42. The molecule has 3 aromatic rings. The van der Waals surface area contributed by atoms with E-state index in [1.54, 1.807) is 6.33 Å². The standard InChI is InChI=1S/C14H15N5/c1-19-10-16-18-14(19)8-9-15-13-7-6-11-4-2-3-5-12(11)17-13/h2-7,10H,8-9H2,1H3,(H,15,17). The lowest BCUT2D eigenvalue weighted by atomic mass is 10.2. The third-order valence-electron chi connectivity index (χ3n) is 3.06. The van der Waals surface area contributed by atoms with E-state index in [0.717, 1.165) is 35.5 Å². The Hall–Kier alpha value is -2.43. The highest BCUT2D eigenvalue weighted by molar-refractivity contribution is 5.79. The van der Waals surface area contributed by atoms with Gasteiger partial charge in [0.1, 0.15) is 18.0 Å². The zero-order chi connectivity index (χ0) is 13.1. The van der Waals surface area contributed by atoms with Crippen molar-refractivity contribution in [3.05, 3.63) is 48.5 Å². The lowest BCUT2D eigenvalue weighted by Gasteiger charge is -2.06. The fraction of sp³-hybridized carbons (Fsp3) is 0.214. The number of rotatable bonds is 4. The van der Waals surface area contributed by atoms with Crippen molar-refractivity contribution in [3.8, 4) is 0 Å². The van der Waals surface area contributed by atoms with Crippen LogP contribution in [0, 0.1) is 0 Å². The minimum Gasteiger partial charge on any atom is -0.370 e. The Morgan fingerprint density at radius 3 is 2.89 bits per heavy atom. The van der Waals surface area contributed by atoms with E-state index in [1.165, 1.54) is 0 Å². The fourth-order valence-corrected chi connectivity index (χ4v) is 2.00. The molecule has 0 aliphatic carbocycles. The molecule has 0 bridgehead atoms. The van der Waals surface area contributed by atoms with Gasteiger partial charge >= 0.3 is 0 Å². The molecule has 19 heavy (non-hydrogen) atoms. The molecule has 0 fully saturated rings. The van der Waals surface area contributed by atoms with Crippen LogP contribution in [-0.2, 0) is 13.5 Å². The van der Waals surface area contributed by atoms with Crippen LogP contribution in [0.15, 0.2) is 42.7 Å². The van der Waals surface area contributed by atoms with Gasteiger partial charge in [-0.3, -0.25) is 0 Å². The van der Waals surface area contributed by atoms with Gasteiger partial charge in [0.25, 0.3) is 0 Å². The van der Waals surface area contributed by atoms with Crippen molar-refractivity contribution in [2.75, 3.05) is 11.9 Å². The maximum Gasteiger partial charge on any atom is 0.134 e. The normalized spacial score (nSPS) is 10.8. The first-order valence-electron chi connectivity index (χ1n) is 6.25. The predicted octanol–water partition coefficient (Wildman–Crippen LogP) is 2.02. The van der Waals surface area contributed by atoms with Crippen molar-refractivity contribution in [1.82, 2.24) is 19.7 Å². The average Bonchev–Trinajstić information content (AvgIpc) is 2.84. The molecule has 0 spiro atoms. The number of fused-ring (bicyclic) bond motifs is 1. The van der Waals surface area contributed by atoms with Crippen molar-refractivity contribution in [3.63, 3.8) is 0 Å². The molecule has 0 radical (unpaired) electrons. The van der Waals surface area contributed by atoms with E-state index in [1.807, 2.05) is 35.9 Å². The molecule has 5 heteroatoms. The van der Waals surface area contributed by atoms with E-state index < -0.39 is 0 Å². The van der Waals surface area contributed by atoms with Crippen LogP contribution in [0.1, 0.15) is 5.82 Å². The summed E-state index contributed by atoms with van der Waals surface area (Å²) in [5.74, 6) is 1.86. The minimum atomic E-state index is 0.790. The smallest absolute Gasteiger partial charge is 0.134 e. The number of para-hydroxylation sites is 1. The van der Waals surface area contributed by atoms with E-state index in [9.17, 15) is 0 Å². The summed E-state index contributed by atoms with van der Waals surface area (Å²) in [6.07, 6.45) is 2.54. The van der Waals surface area contributed by atoms with Crippen molar-refractivity contribution in [2.24, 2.45) is 7.05 Å². The largest absolute Gasteiger partial charge is 0.370 e. The van der Waals surface area contributed by atoms with Crippen LogP contribution in [0.25, 0.3) is 10.9 Å². The minimum absolute atomic E-state index is 0.790. The monoisotopic (exact) mass is 253 g/mol. The predicted molar refractivity (Wildman–Crippen MR) is 74.9 cm³/mol. The van der Waals surface area contributed by atoms with Crippen molar-refractivity contribution < 1.29 is 0 Å². The zero-order valence-corrected chi connectivity index (χ0v) is 10.7. The molecule has 0 amide bonds. The van der Waals surface area contributed by atoms with Gasteiger partial charge in [-0.25, -0.2) is 4.98 Å². The number of hydrogen-bond acceptors (Lipinski definition) is 4. The summed E-state index contributed by atoms with van der Waals surface area (Å²) in [6.45, 7) is 0.790. The maximum atomic E-state index is 4.56. The Morgan fingerprint density at radius 2 is 2.05 bits per heavy atom. The Morgan fingerprint density at radius 1 is 1.16 bits per heavy atom. The number of aryl methyl sites for hydroxylation is 1. The van der Waals surface area contributed by atoms with E-state index in [0.29, 0.717) is 0 Å². The summed E-state index contributed by atoms with van der Waals surface area (Å²) in [5.41, 5.74) is 1.01. The summed E-state index contributed by atoms with van der Waals surface area (Å²) < 4.78 is 1.93. The molecule has 0 aliphatic heterocycles. The molecular formula is C14H15N5. The third kappa shape index (κ3) is 2.54. The number of hydrogen-bond donors (Lipinski definition) is 1. The molecule has 0 atom stereocenters. The molecule has 1 N–H and O–H groups in total. The Bertz CT molecular complexity index is 689. The molecule has 0 aliphatic rings. The van der Waals surface area contributed by atoms with Gasteiger partial charge in [0.05, 0.1) is 5.52 Å². The number of pyridine rings is 1. The number of aromatic nitrogens is 4. The number of nitrogens with one attached hydrogen (secondary N) is 1. The highest BCUT2D eigenvalue weighted by atomic mass is 15.2. The maximum absolute atomic E-state index is 4.56. The highest BCUT2D eigenvalue weighted by Gasteiger charge is 2.01. The molecular weight excluding hydrogens is 238 g/mol. The second kappa shape index (κ2) is 5.06. The zero-order valence-electron chi connectivity index (χ0n) is 10.7. The first-order valence-corrected chi connectivity index (χ1v) is 6.25. The molecule has 96 valence electrons. The highest BCUT2D eigenvalue weighted by Crippen LogP contribution is 2.14. The molecule has 2 heterocycles.